The van der Waals surface area contributed by atoms with Crippen LogP contribution in [0.3, 0.4) is 0 Å². The minimum absolute atomic E-state index is 0. The Hall–Kier alpha value is -0.320. The van der Waals surface area contributed by atoms with Gasteiger partial charge in [0, 0.05) is 12.8 Å². The van der Waals surface area contributed by atoms with Gasteiger partial charge in [-0.3, -0.25) is 0 Å². The van der Waals surface area contributed by atoms with Gasteiger partial charge < -0.3 is 27.9 Å². The molecule has 1 unspecified atom stereocenters. The fourth-order valence-corrected chi connectivity index (χ4v) is 2.92. The van der Waals surface area contributed by atoms with Gasteiger partial charge in [-0.1, -0.05) is 72.1 Å². The smallest absolute Gasteiger partial charge is 0.365 e. The summed E-state index contributed by atoms with van der Waals surface area (Å²) in [5.74, 6) is -0.767. The summed E-state index contributed by atoms with van der Waals surface area (Å²) < 4.78 is 0. The van der Waals surface area contributed by atoms with E-state index in [1.807, 2.05) is 19.2 Å². The van der Waals surface area contributed by atoms with Crippen LogP contribution in [0, 0.1) is 0 Å². The summed E-state index contributed by atoms with van der Waals surface area (Å²) in [7, 11) is 0. The van der Waals surface area contributed by atoms with Crippen LogP contribution in [0.25, 0.3) is 0 Å². The molecule has 1 atom stereocenters. The second kappa shape index (κ2) is 15.2. The Morgan fingerprint density at radius 3 is 1.87 bits per heavy atom. The number of nitrogens with two attached hydrogens (primary N) is 1. The van der Waals surface area contributed by atoms with E-state index in [1.54, 1.807) is 0 Å². The average molecular weight is 352 g/mol. The molecule has 0 aliphatic carbocycles. The summed E-state index contributed by atoms with van der Waals surface area (Å²) in [5.41, 5.74) is -0.764. The number of quaternary nitrogens is 1. The summed E-state index contributed by atoms with van der Waals surface area (Å²) in [6.07, 6.45) is 11.6. The van der Waals surface area contributed by atoms with E-state index in [0.717, 1.165) is 12.8 Å². The van der Waals surface area contributed by atoms with Gasteiger partial charge in [-0.2, -0.15) is 0 Å². The number of hydrogen-bond donors (Lipinski definition) is 3. The van der Waals surface area contributed by atoms with E-state index in [-0.39, 0.29) is 12.4 Å². The van der Waals surface area contributed by atoms with Crippen LogP contribution < -0.4 is 17.7 Å². The SMILES string of the molecule is CCCCCCCCCCC(O)C[NH2+]C(CC)(CC)C(=O)O.[Cl-]. The van der Waals surface area contributed by atoms with E-state index >= 15 is 0 Å². The van der Waals surface area contributed by atoms with Crippen molar-refractivity contribution in [1.82, 2.24) is 0 Å². The van der Waals surface area contributed by atoms with Crippen molar-refractivity contribution in [2.75, 3.05) is 6.54 Å². The molecule has 0 aliphatic heterocycles. The van der Waals surface area contributed by atoms with Gasteiger partial charge >= 0.3 is 5.97 Å². The molecule has 0 bridgehead atoms. The molecule has 140 valence electrons. The Labute approximate surface area is 148 Å². The molecule has 4 nitrogen and oxygen atoms in total. The van der Waals surface area contributed by atoms with Crippen molar-refractivity contribution in [2.45, 2.75) is 103 Å². The van der Waals surface area contributed by atoms with Crippen molar-refractivity contribution in [2.24, 2.45) is 0 Å². The van der Waals surface area contributed by atoms with Crippen molar-refractivity contribution in [3.63, 3.8) is 0 Å². The number of carboxylic acid groups (broad SMARTS) is 1. The van der Waals surface area contributed by atoms with E-state index in [2.05, 4.69) is 6.92 Å². The molecule has 0 saturated heterocycles. The molecule has 0 spiro atoms. The second-order valence-electron chi connectivity index (χ2n) is 6.53. The van der Waals surface area contributed by atoms with Crippen LogP contribution in [0.5, 0.6) is 0 Å². The number of carbonyl (C=O) groups is 1. The lowest BCUT2D eigenvalue weighted by atomic mass is 9.92. The number of carboxylic acids is 1. The van der Waals surface area contributed by atoms with Gasteiger partial charge in [0.1, 0.15) is 12.6 Å². The number of aliphatic carboxylic acids is 1. The van der Waals surface area contributed by atoms with Gasteiger partial charge in [-0.05, 0) is 6.42 Å². The van der Waals surface area contributed by atoms with Crippen LogP contribution >= 0.6 is 0 Å². The molecule has 0 radical (unpaired) electrons. The number of hydrogen-bond acceptors (Lipinski definition) is 2. The molecule has 0 saturated carbocycles. The first kappa shape index (κ1) is 24.9. The molecule has 5 heteroatoms. The quantitative estimate of drug-likeness (QED) is 0.366. The molecule has 0 aromatic carbocycles. The van der Waals surface area contributed by atoms with Crippen LogP contribution in [0.1, 0.15) is 91.4 Å². The van der Waals surface area contributed by atoms with Gasteiger partial charge in [0.25, 0.3) is 0 Å². The maximum Gasteiger partial charge on any atom is 0.365 e. The lowest BCUT2D eigenvalue weighted by Crippen LogP contribution is -3.00. The summed E-state index contributed by atoms with van der Waals surface area (Å²) in [6.45, 7) is 6.52. The Balaban J connectivity index is 0. The summed E-state index contributed by atoms with van der Waals surface area (Å²) in [5, 5.41) is 21.2. The van der Waals surface area contributed by atoms with E-state index in [9.17, 15) is 15.0 Å². The lowest BCUT2D eigenvalue weighted by Gasteiger charge is -2.25. The first-order valence-electron chi connectivity index (χ1n) is 9.28. The predicted octanol–water partition coefficient (Wildman–Crippen LogP) is 0.0889. The highest BCUT2D eigenvalue weighted by molar-refractivity contribution is 5.76. The molecule has 0 rings (SSSR count). The first-order chi connectivity index (χ1) is 10.5. The zero-order valence-corrected chi connectivity index (χ0v) is 16.1. The van der Waals surface area contributed by atoms with Crippen molar-refractivity contribution in [3.05, 3.63) is 0 Å². The predicted molar refractivity (Wildman–Crippen MR) is 91.0 cm³/mol. The molecule has 0 aliphatic rings. The highest BCUT2D eigenvalue weighted by Gasteiger charge is 2.38. The fraction of sp³-hybridized carbons (Fsp3) is 0.944. The molecule has 4 N–H and O–H groups in total. The van der Waals surface area contributed by atoms with Crippen LogP contribution in [0.2, 0.25) is 0 Å². The normalized spacial score (nSPS) is 12.7. The van der Waals surface area contributed by atoms with Crippen LogP contribution in [-0.4, -0.2) is 34.4 Å². The van der Waals surface area contributed by atoms with Gasteiger partial charge in [-0.25, -0.2) is 4.79 Å². The molecule has 0 heterocycles. The van der Waals surface area contributed by atoms with Gasteiger partial charge in [0.05, 0.1) is 0 Å². The summed E-state index contributed by atoms with van der Waals surface area (Å²) in [4.78, 5) is 11.4. The Morgan fingerprint density at radius 1 is 0.957 bits per heavy atom. The summed E-state index contributed by atoms with van der Waals surface area (Å²) in [6, 6.07) is 0. The number of aliphatic hydroxyl groups is 1. The zero-order chi connectivity index (χ0) is 16.8. The number of aliphatic hydroxyl groups excluding tert-OH is 1. The van der Waals surface area contributed by atoms with Crippen LogP contribution in [0.15, 0.2) is 0 Å². The third-order valence-corrected chi connectivity index (χ3v) is 4.86. The van der Waals surface area contributed by atoms with E-state index in [1.165, 1.54) is 44.9 Å². The third-order valence-electron chi connectivity index (χ3n) is 4.86. The fourth-order valence-electron chi connectivity index (χ4n) is 2.92. The zero-order valence-electron chi connectivity index (χ0n) is 15.3. The van der Waals surface area contributed by atoms with E-state index in [4.69, 9.17) is 0 Å². The highest BCUT2D eigenvalue weighted by Crippen LogP contribution is 2.11. The molecule has 0 aromatic rings. The number of unbranched alkanes of at least 4 members (excludes halogenated alkanes) is 7. The standard InChI is InChI=1S/C18H37NO3.ClH/c1-4-7-8-9-10-11-12-13-14-16(20)15-19-18(5-2,6-3)17(21)22;/h16,19-20H,4-15H2,1-3H3,(H,21,22);1H. The Bertz CT molecular complexity index is 283. The third kappa shape index (κ3) is 11.0. The Kier molecular flexibility index (Phi) is 16.5. The maximum atomic E-state index is 11.4. The van der Waals surface area contributed by atoms with E-state index in [0.29, 0.717) is 19.4 Å². The van der Waals surface area contributed by atoms with Crippen molar-refractivity contribution >= 4 is 5.97 Å². The number of halogens is 1. The minimum Gasteiger partial charge on any atom is -1.00 e. The topological polar surface area (TPSA) is 74.1 Å². The second-order valence-corrected chi connectivity index (χ2v) is 6.53. The first-order valence-corrected chi connectivity index (χ1v) is 9.28. The van der Waals surface area contributed by atoms with Crippen molar-refractivity contribution in [3.8, 4) is 0 Å². The highest BCUT2D eigenvalue weighted by atomic mass is 35.5. The van der Waals surface area contributed by atoms with Crippen LogP contribution in [0.4, 0.5) is 0 Å². The average Bonchev–Trinajstić information content (AvgIpc) is 2.51. The maximum absolute atomic E-state index is 11.4. The van der Waals surface area contributed by atoms with Crippen molar-refractivity contribution in [1.29, 1.82) is 0 Å². The summed E-state index contributed by atoms with van der Waals surface area (Å²) >= 11 is 0. The molecular weight excluding hydrogens is 314 g/mol. The minimum atomic E-state index is -0.767. The molecule has 0 fully saturated rings. The Morgan fingerprint density at radius 2 is 1.43 bits per heavy atom. The number of rotatable bonds is 15. The van der Waals surface area contributed by atoms with Crippen molar-refractivity contribution < 1.29 is 32.7 Å². The molecule has 0 aromatic heterocycles. The van der Waals surface area contributed by atoms with Gasteiger partial charge in [0.2, 0.25) is 0 Å². The molecule has 0 amide bonds. The van der Waals surface area contributed by atoms with Gasteiger partial charge in [-0.15, -0.1) is 0 Å². The molecular formula is C18H38ClNO3. The monoisotopic (exact) mass is 351 g/mol. The van der Waals surface area contributed by atoms with Crippen LogP contribution in [-0.2, 0) is 4.79 Å². The van der Waals surface area contributed by atoms with Gasteiger partial charge in [0.15, 0.2) is 5.54 Å². The lowest BCUT2D eigenvalue weighted by molar-refractivity contribution is -0.720. The van der Waals surface area contributed by atoms with E-state index < -0.39 is 17.6 Å². The largest absolute Gasteiger partial charge is 1.00 e. The molecule has 23 heavy (non-hydrogen) atoms.